The Balaban J connectivity index is 1.42. The molecule has 7 heteroatoms. The van der Waals surface area contributed by atoms with Crippen LogP contribution in [0.25, 0.3) is 11.1 Å². The van der Waals surface area contributed by atoms with E-state index in [1.54, 1.807) is 20.8 Å². The lowest BCUT2D eigenvalue weighted by molar-refractivity contribution is -0.109. The molecular formula is C26H32N2O5. The molecule has 0 unspecified atom stereocenters. The minimum atomic E-state index is -0.637. The van der Waals surface area contributed by atoms with Gasteiger partial charge in [-0.15, -0.1) is 0 Å². The first-order chi connectivity index (χ1) is 15.8. The molecule has 33 heavy (non-hydrogen) atoms. The summed E-state index contributed by atoms with van der Waals surface area (Å²) in [4.78, 5) is 35.4. The van der Waals surface area contributed by atoms with Crippen LogP contribution in [-0.2, 0) is 14.3 Å². The summed E-state index contributed by atoms with van der Waals surface area (Å²) in [6.45, 7) is 6.04. The highest BCUT2D eigenvalue weighted by molar-refractivity contribution is 5.79. The van der Waals surface area contributed by atoms with Gasteiger partial charge in [-0.3, -0.25) is 0 Å². The Morgan fingerprint density at radius 3 is 2.15 bits per heavy atom. The molecule has 176 valence electrons. The van der Waals surface area contributed by atoms with Crippen LogP contribution in [0.1, 0.15) is 57.1 Å². The third-order valence-electron chi connectivity index (χ3n) is 5.42. The summed E-state index contributed by atoms with van der Waals surface area (Å²) in [6.07, 6.45) is 1.41. The maximum atomic E-state index is 12.3. The standard InChI is InChI=1S/C26H32N2O5/c1-26(2,3)33-24(30)27-15-9-8-10-18(16-29)28-25(31)32-17-23-21-13-6-4-11-19(21)20-12-5-7-14-22(20)23/h4-7,11-14,16,18,23H,8-10,15,17H2,1-3H3,(H,27,30)(H,28,31)/t18-/m1/s1. The number of nitrogens with one attached hydrogen (secondary N) is 2. The molecule has 0 aromatic heterocycles. The summed E-state index contributed by atoms with van der Waals surface area (Å²) < 4.78 is 10.7. The first-order valence-electron chi connectivity index (χ1n) is 11.3. The minimum absolute atomic E-state index is 0.0308. The number of amides is 2. The number of alkyl carbamates (subject to hydrolysis) is 2. The lowest BCUT2D eigenvalue weighted by atomic mass is 9.98. The van der Waals surface area contributed by atoms with Gasteiger partial charge in [-0.25, -0.2) is 9.59 Å². The van der Waals surface area contributed by atoms with Crippen molar-refractivity contribution in [2.75, 3.05) is 13.2 Å². The molecule has 0 aliphatic heterocycles. The average molecular weight is 453 g/mol. The van der Waals surface area contributed by atoms with Gasteiger partial charge in [-0.1, -0.05) is 48.5 Å². The molecule has 0 bridgehead atoms. The van der Waals surface area contributed by atoms with Crippen molar-refractivity contribution in [1.82, 2.24) is 10.6 Å². The van der Waals surface area contributed by atoms with E-state index in [-0.39, 0.29) is 12.5 Å². The van der Waals surface area contributed by atoms with E-state index < -0.39 is 23.8 Å². The normalized spacial score (nSPS) is 13.4. The highest BCUT2D eigenvalue weighted by Gasteiger charge is 2.29. The summed E-state index contributed by atoms with van der Waals surface area (Å²) in [5, 5.41) is 5.31. The summed E-state index contributed by atoms with van der Waals surface area (Å²) in [5.41, 5.74) is 4.05. The van der Waals surface area contributed by atoms with E-state index in [1.165, 1.54) is 0 Å². The first-order valence-corrected chi connectivity index (χ1v) is 11.3. The van der Waals surface area contributed by atoms with E-state index in [4.69, 9.17) is 9.47 Å². The topological polar surface area (TPSA) is 93.7 Å². The van der Waals surface area contributed by atoms with Gasteiger partial charge < -0.3 is 24.9 Å². The molecule has 1 atom stereocenters. The average Bonchev–Trinajstić information content (AvgIpc) is 3.09. The van der Waals surface area contributed by atoms with E-state index in [1.807, 2.05) is 24.3 Å². The van der Waals surface area contributed by atoms with Crippen molar-refractivity contribution in [2.45, 2.75) is 57.6 Å². The van der Waals surface area contributed by atoms with Crippen LogP contribution in [0.3, 0.4) is 0 Å². The Hall–Kier alpha value is -3.35. The number of carbonyl (C=O) groups excluding carboxylic acids is 3. The van der Waals surface area contributed by atoms with Crippen LogP contribution in [0.15, 0.2) is 48.5 Å². The van der Waals surface area contributed by atoms with Crippen molar-refractivity contribution < 1.29 is 23.9 Å². The van der Waals surface area contributed by atoms with Gasteiger partial charge in [0.05, 0.1) is 6.04 Å². The number of unbranched alkanes of at least 4 members (excludes halogenated alkanes) is 1. The van der Waals surface area contributed by atoms with Crippen LogP contribution in [0, 0.1) is 0 Å². The van der Waals surface area contributed by atoms with Crippen LogP contribution < -0.4 is 10.6 Å². The Labute approximate surface area is 194 Å². The number of carbonyl (C=O) groups is 3. The second-order valence-electron chi connectivity index (χ2n) is 9.14. The van der Waals surface area contributed by atoms with Crippen LogP contribution in [0.4, 0.5) is 9.59 Å². The maximum absolute atomic E-state index is 12.3. The third kappa shape index (κ3) is 6.81. The zero-order valence-corrected chi connectivity index (χ0v) is 19.4. The molecule has 2 aromatic rings. The van der Waals surface area contributed by atoms with Gasteiger partial charge in [0.2, 0.25) is 0 Å². The molecule has 0 radical (unpaired) electrons. The first kappa shape index (κ1) is 24.3. The smallest absolute Gasteiger partial charge is 0.407 e. The molecule has 0 fully saturated rings. The molecular weight excluding hydrogens is 420 g/mol. The van der Waals surface area contributed by atoms with Crippen LogP contribution in [-0.4, -0.2) is 43.3 Å². The quantitative estimate of drug-likeness (QED) is 0.422. The lowest BCUT2D eigenvalue weighted by Crippen LogP contribution is -2.37. The van der Waals surface area contributed by atoms with Crippen LogP contribution in [0.5, 0.6) is 0 Å². The number of hydrogen-bond donors (Lipinski definition) is 2. The van der Waals surface area contributed by atoms with Gasteiger partial charge >= 0.3 is 12.2 Å². The van der Waals surface area contributed by atoms with Crippen LogP contribution in [0.2, 0.25) is 0 Å². The predicted molar refractivity (Wildman–Crippen MR) is 126 cm³/mol. The van der Waals surface area contributed by atoms with Crippen molar-refractivity contribution in [3.63, 3.8) is 0 Å². The van der Waals surface area contributed by atoms with Gasteiger partial charge in [0.15, 0.2) is 0 Å². The highest BCUT2D eigenvalue weighted by Crippen LogP contribution is 2.44. The van der Waals surface area contributed by atoms with Crippen molar-refractivity contribution in [2.24, 2.45) is 0 Å². The van der Waals surface area contributed by atoms with E-state index >= 15 is 0 Å². The molecule has 0 heterocycles. The SMILES string of the molecule is CC(C)(C)OC(=O)NCCCC[C@H](C=O)NC(=O)OCC1c2ccccc2-c2ccccc21. The third-order valence-corrected chi connectivity index (χ3v) is 5.42. The zero-order chi connectivity index (χ0) is 23.8. The number of rotatable bonds is 9. The molecule has 0 saturated heterocycles. The molecule has 7 nitrogen and oxygen atoms in total. The van der Waals surface area contributed by atoms with Crippen molar-refractivity contribution >= 4 is 18.5 Å². The fraction of sp³-hybridized carbons (Fsp3) is 0.423. The van der Waals surface area contributed by atoms with Gasteiger partial charge in [0.25, 0.3) is 0 Å². The Bertz CT molecular complexity index is 937. The molecule has 2 amide bonds. The molecule has 0 spiro atoms. The van der Waals surface area contributed by atoms with Gasteiger partial charge in [0, 0.05) is 12.5 Å². The van der Waals surface area contributed by atoms with Crippen molar-refractivity contribution in [3.8, 4) is 11.1 Å². The van der Waals surface area contributed by atoms with Crippen LogP contribution >= 0.6 is 0 Å². The molecule has 1 aliphatic rings. The predicted octanol–water partition coefficient (Wildman–Crippen LogP) is 4.79. The van der Waals surface area contributed by atoms with E-state index in [0.717, 1.165) is 22.3 Å². The second-order valence-corrected chi connectivity index (χ2v) is 9.14. The summed E-state index contributed by atoms with van der Waals surface area (Å²) in [5.74, 6) is -0.0308. The van der Waals surface area contributed by atoms with Gasteiger partial charge in [0.1, 0.15) is 18.5 Å². The van der Waals surface area contributed by atoms with Crippen molar-refractivity contribution in [1.29, 1.82) is 0 Å². The zero-order valence-electron chi connectivity index (χ0n) is 19.4. The van der Waals surface area contributed by atoms with E-state index in [9.17, 15) is 14.4 Å². The number of fused-ring (bicyclic) bond motifs is 3. The number of hydrogen-bond acceptors (Lipinski definition) is 5. The number of aldehydes is 1. The monoisotopic (exact) mass is 452 g/mol. The number of ether oxygens (including phenoxy) is 2. The molecule has 2 N–H and O–H groups in total. The van der Waals surface area contributed by atoms with E-state index in [0.29, 0.717) is 32.1 Å². The molecule has 0 saturated carbocycles. The van der Waals surface area contributed by atoms with Gasteiger partial charge in [-0.05, 0) is 62.3 Å². The summed E-state index contributed by atoms with van der Waals surface area (Å²) >= 11 is 0. The largest absolute Gasteiger partial charge is 0.449 e. The summed E-state index contributed by atoms with van der Waals surface area (Å²) in [7, 11) is 0. The Morgan fingerprint density at radius 2 is 1.58 bits per heavy atom. The molecule has 3 rings (SSSR count). The van der Waals surface area contributed by atoms with Gasteiger partial charge in [-0.2, -0.15) is 0 Å². The molecule has 2 aromatic carbocycles. The van der Waals surface area contributed by atoms with Crippen molar-refractivity contribution in [3.05, 3.63) is 59.7 Å². The summed E-state index contributed by atoms with van der Waals surface area (Å²) in [6, 6.07) is 15.6. The lowest BCUT2D eigenvalue weighted by Gasteiger charge is -2.19. The Kier molecular flexibility index (Phi) is 8.09. The highest BCUT2D eigenvalue weighted by atomic mass is 16.6. The second kappa shape index (κ2) is 11.0. The fourth-order valence-electron chi connectivity index (χ4n) is 3.96. The minimum Gasteiger partial charge on any atom is -0.449 e. The fourth-order valence-corrected chi connectivity index (χ4v) is 3.96. The Morgan fingerprint density at radius 1 is 0.970 bits per heavy atom. The number of benzene rings is 2. The van der Waals surface area contributed by atoms with E-state index in [2.05, 4.69) is 34.9 Å². The maximum Gasteiger partial charge on any atom is 0.407 e. The molecule has 1 aliphatic carbocycles.